The molecule has 3 aromatic rings. The third kappa shape index (κ3) is 2.53. The van der Waals surface area contributed by atoms with Gasteiger partial charge in [0.1, 0.15) is 6.04 Å². The van der Waals surface area contributed by atoms with Crippen LogP contribution in [0.5, 0.6) is 0 Å². The molecule has 1 aliphatic heterocycles. The highest BCUT2D eigenvalue weighted by Crippen LogP contribution is 2.35. The van der Waals surface area contributed by atoms with Crippen molar-refractivity contribution in [2.45, 2.75) is 13.0 Å². The number of hydrogen-bond acceptors (Lipinski definition) is 6. The molecule has 1 unspecified atom stereocenters. The van der Waals surface area contributed by atoms with Crippen molar-refractivity contribution in [3.63, 3.8) is 0 Å². The monoisotopic (exact) mass is 333 g/mol. The maximum atomic E-state index is 12.1. The van der Waals surface area contributed by atoms with Gasteiger partial charge in [-0.2, -0.15) is 4.98 Å². The summed E-state index contributed by atoms with van der Waals surface area (Å²) in [5, 5.41) is 7.70. The maximum absolute atomic E-state index is 12.1. The SMILES string of the molecule is CC1=C(C(N)=O)C(c2cccnc2)n2nc(-c3ccncc3)nc2N1. The van der Waals surface area contributed by atoms with E-state index in [0.717, 1.165) is 11.1 Å². The average molecular weight is 333 g/mol. The Labute approximate surface area is 143 Å². The summed E-state index contributed by atoms with van der Waals surface area (Å²) in [6, 6.07) is 6.87. The van der Waals surface area contributed by atoms with E-state index in [1.165, 1.54) is 0 Å². The third-order valence-electron chi connectivity index (χ3n) is 4.06. The molecule has 4 heterocycles. The lowest BCUT2D eigenvalue weighted by Crippen LogP contribution is -2.31. The first-order chi connectivity index (χ1) is 12.1. The minimum atomic E-state index is -0.509. The molecule has 1 aliphatic rings. The van der Waals surface area contributed by atoms with E-state index in [4.69, 9.17) is 5.73 Å². The van der Waals surface area contributed by atoms with E-state index in [0.29, 0.717) is 23.0 Å². The van der Waals surface area contributed by atoms with Crippen LogP contribution in [0.15, 0.2) is 60.3 Å². The fourth-order valence-corrected chi connectivity index (χ4v) is 2.94. The Morgan fingerprint density at radius 3 is 2.68 bits per heavy atom. The average Bonchev–Trinajstić information content (AvgIpc) is 3.05. The minimum absolute atomic E-state index is 0.437. The van der Waals surface area contributed by atoms with Crippen LogP contribution in [-0.4, -0.2) is 30.6 Å². The molecule has 124 valence electrons. The van der Waals surface area contributed by atoms with Crippen molar-refractivity contribution in [1.82, 2.24) is 24.7 Å². The second-order valence-corrected chi connectivity index (χ2v) is 5.66. The van der Waals surface area contributed by atoms with Gasteiger partial charge in [-0.1, -0.05) is 6.07 Å². The van der Waals surface area contributed by atoms with E-state index in [1.807, 2.05) is 24.3 Å². The number of nitrogens with zero attached hydrogens (tertiary/aromatic N) is 5. The van der Waals surface area contributed by atoms with Gasteiger partial charge < -0.3 is 11.1 Å². The number of carbonyl (C=O) groups is 1. The van der Waals surface area contributed by atoms with Crippen molar-refractivity contribution in [2.75, 3.05) is 5.32 Å². The third-order valence-corrected chi connectivity index (χ3v) is 4.06. The zero-order chi connectivity index (χ0) is 17.4. The van der Waals surface area contributed by atoms with E-state index >= 15 is 0 Å². The van der Waals surface area contributed by atoms with Crippen LogP contribution in [0, 0.1) is 0 Å². The van der Waals surface area contributed by atoms with Gasteiger partial charge in [0.05, 0.1) is 5.57 Å². The van der Waals surface area contributed by atoms with Gasteiger partial charge in [0.25, 0.3) is 0 Å². The zero-order valence-electron chi connectivity index (χ0n) is 13.4. The molecular formula is C17H15N7O. The molecule has 0 saturated heterocycles. The van der Waals surface area contributed by atoms with Gasteiger partial charge in [0, 0.05) is 36.0 Å². The summed E-state index contributed by atoms with van der Waals surface area (Å²) in [7, 11) is 0. The van der Waals surface area contributed by atoms with Crippen molar-refractivity contribution < 1.29 is 4.79 Å². The summed E-state index contributed by atoms with van der Waals surface area (Å²) in [4.78, 5) is 24.8. The lowest BCUT2D eigenvalue weighted by Gasteiger charge is -2.27. The Bertz CT molecular complexity index is 963. The molecule has 1 amide bonds. The summed E-state index contributed by atoms with van der Waals surface area (Å²) in [5.41, 5.74) is 8.37. The predicted octanol–water partition coefficient (Wildman–Crippen LogP) is 1.51. The molecule has 0 radical (unpaired) electrons. The Morgan fingerprint density at radius 1 is 1.20 bits per heavy atom. The van der Waals surface area contributed by atoms with E-state index in [1.54, 1.807) is 36.4 Å². The van der Waals surface area contributed by atoms with E-state index in [-0.39, 0.29) is 0 Å². The van der Waals surface area contributed by atoms with Crippen molar-refractivity contribution in [3.8, 4) is 11.4 Å². The van der Waals surface area contributed by atoms with Crippen LogP contribution in [0.3, 0.4) is 0 Å². The summed E-state index contributed by atoms with van der Waals surface area (Å²) >= 11 is 0. The number of hydrogen-bond donors (Lipinski definition) is 2. The minimum Gasteiger partial charge on any atom is -0.366 e. The van der Waals surface area contributed by atoms with Crippen molar-refractivity contribution in [3.05, 3.63) is 65.9 Å². The molecule has 8 nitrogen and oxygen atoms in total. The molecule has 3 aromatic heterocycles. The molecule has 8 heteroatoms. The summed E-state index contributed by atoms with van der Waals surface area (Å²) in [6.45, 7) is 1.80. The smallest absolute Gasteiger partial charge is 0.248 e. The number of pyridine rings is 2. The Hall–Kier alpha value is -3.55. The van der Waals surface area contributed by atoms with Gasteiger partial charge in [-0.05, 0) is 30.7 Å². The van der Waals surface area contributed by atoms with Gasteiger partial charge in [-0.25, -0.2) is 4.68 Å². The van der Waals surface area contributed by atoms with Gasteiger partial charge in [0.2, 0.25) is 11.9 Å². The molecule has 1 atom stereocenters. The molecule has 0 bridgehead atoms. The summed E-state index contributed by atoms with van der Waals surface area (Å²) in [5.74, 6) is 0.575. The number of nitrogens with two attached hydrogens (primary N) is 1. The molecule has 0 fully saturated rings. The normalized spacial score (nSPS) is 16.3. The van der Waals surface area contributed by atoms with Crippen LogP contribution in [0.4, 0.5) is 5.95 Å². The fourth-order valence-electron chi connectivity index (χ4n) is 2.94. The Kier molecular flexibility index (Phi) is 3.50. The highest BCUT2D eigenvalue weighted by Gasteiger charge is 2.33. The number of primary amides is 1. The second-order valence-electron chi connectivity index (χ2n) is 5.66. The van der Waals surface area contributed by atoms with Gasteiger partial charge in [0.15, 0.2) is 5.82 Å². The number of amides is 1. The molecule has 0 saturated carbocycles. The standard InChI is InChI=1S/C17H15N7O/c1-10-13(15(18)25)14(12-3-2-6-20-9-12)24-17(21-10)22-16(23-24)11-4-7-19-8-5-11/h2-9,14H,1H3,(H2,18,25)(H,21,22,23). The van der Waals surface area contributed by atoms with Gasteiger partial charge >= 0.3 is 0 Å². The topological polar surface area (TPSA) is 112 Å². The largest absolute Gasteiger partial charge is 0.366 e. The van der Waals surface area contributed by atoms with Crippen molar-refractivity contribution in [2.24, 2.45) is 5.73 Å². The first-order valence-electron chi connectivity index (χ1n) is 7.69. The molecule has 0 aromatic carbocycles. The maximum Gasteiger partial charge on any atom is 0.248 e. The quantitative estimate of drug-likeness (QED) is 0.751. The lowest BCUT2D eigenvalue weighted by molar-refractivity contribution is -0.115. The Morgan fingerprint density at radius 2 is 2.00 bits per heavy atom. The Balaban J connectivity index is 1.89. The fraction of sp³-hybridized carbons (Fsp3) is 0.118. The number of fused-ring (bicyclic) bond motifs is 1. The van der Waals surface area contributed by atoms with Gasteiger partial charge in [-0.15, -0.1) is 5.10 Å². The highest BCUT2D eigenvalue weighted by molar-refractivity contribution is 5.95. The number of rotatable bonds is 3. The number of carbonyl (C=O) groups excluding carboxylic acids is 1. The van der Waals surface area contributed by atoms with Crippen molar-refractivity contribution in [1.29, 1.82) is 0 Å². The van der Waals surface area contributed by atoms with E-state index in [2.05, 4.69) is 25.4 Å². The van der Waals surface area contributed by atoms with Crippen LogP contribution < -0.4 is 11.1 Å². The highest BCUT2D eigenvalue weighted by atomic mass is 16.1. The molecular weight excluding hydrogens is 318 g/mol. The number of allylic oxidation sites excluding steroid dienone is 1. The number of aromatic nitrogens is 5. The zero-order valence-corrected chi connectivity index (χ0v) is 13.4. The molecule has 4 rings (SSSR count). The van der Waals surface area contributed by atoms with Crippen LogP contribution >= 0.6 is 0 Å². The first-order valence-corrected chi connectivity index (χ1v) is 7.69. The second kappa shape index (κ2) is 5.82. The van der Waals surface area contributed by atoms with Gasteiger partial charge in [-0.3, -0.25) is 14.8 Å². The van der Waals surface area contributed by atoms with Crippen LogP contribution in [-0.2, 0) is 4.79 Å². The number of anilines is 1. The van der Waals surface area contributed by atoms with Crippen molar-refractivity contribution >= 4 is 11.9 Å². The first kappa shape index (κ1) is 15.0. The van der Waals surface area contributed by atoms with E-state index < -0.39 is 11.9 Å². The summed E-state index contributed by atoms with van der Waals surface area (Å²) < 4.78 is 1.67. The van der Waals surface area contributed by atoms with E-state index in [9.17, 15) is 4.79 Å². The predicted molar refractivity (Wildman–Crippen MR) is 91.1 cm³/mol. The lowest BCUT2D eigenvalue weighted by atomic mass is 9.97. The summed E-state index contributed by atoms with van der Waals surface area (Å²) in [6.07, 6.45) is 6.74. The molecule has 0 spiro atoms. The van der Waals surface area contributed by atoms with Crippen LogP contribution in [0.25, 0.3) is 11.4 Å². The van der Waals surface area contributed by atoms with Crippen LogP contribution in [0.1, 0.15) is 18.5 Å². The molecule has 25 heavy (non-hydrogen) atoms. The number of nitrogens with one attached hydrogen (secondary N) is 1. The van der Waals surface area contributed by atoms with Crippen LogP contribution in [0.2, 0.25) is 0 Å². The molecule has 0 aliphatic carbocycles. The molecule has 3 N–H and O–H groups in total.